The topological polar surface area (TPSA) is 27.7 Å². The molecule has 31 heavy (non-hydrogen) atoms. The number of hydrogen-bond donors (Lipinski definition) is 0. The molecule has 0 aliphatic rings. The van der Waals surface area contributed by atoms with Gasteiger partial charge in [0.05, 0.1) is 13.2 Å². The fourth-order valence-electron chi connectivity index (χ4n) is 3.08. The Balaban J connectivity index is 1.64. The molecule has 3 nitrogen and oxygen atoms in total. The van der Waals surface area contributed by atoms with E-state index in [0.717, 1.165) is 22.6 Å². The molecule has 0 aliphatic heterocycles. The van der Waals surface area contributed by atoms with Crippen LogP contribution in [0.15, 0.2) is 88.6 Å². The Hall–Kier alpha value is -2.17. The molecule has 0 unspecified atom stereocenters. The quantitative estimate of drug-likeness (QED) is 0.291. The number of ether oxygens (including phenoxy) is 3. The number of benzene rings is 3. The van der Waals surface area contributed by atoms with Crippen LogP contribution in [0.2, 0.25) is 0 Å². The van der Waals surface area contributed by atoms with Crippen LogP contribution in [-0.4, -0.2) is 6.61 Å². The third kappa shape index (κ3) is 6.91. The van der Waals surface area contributed by atoms with Crippen molar-refractivity contribution in [3.63, 3.8) is 0 Å². The van der Waals surface area contributed by atoms with E-state index in [1.54, 1.807) is 0 Å². The number of para-hydroxylation sites is 2. The van der Waals surface area contributed by atoms with E-state index in [1.165, 1.54) is 0 Å². The first-order valence-corrected chi connectivity index (χ1v) is 10.9. The van der Waals surface area contributed by atoms with E-state index in [1.807, 2.05) is 78.9 Å². The maximum absolute atomic E-state index is 6.04. The molecule has 0 bridgehead atoms. The highest BCUT2D eigenvalue weighted by molar-refractivity contribution is 6.59. The first-order chi connectivity index (χ1) is 14.8. The van der Waals surface area contributed by atoms with Gasteiger partial charge in [-0.2, -0.15) is 0 Å². The van der Waals surface area contributed by atoms with Gasteiger partial charge in [-0.1, -0.05) is 85.6 Å². The SMILES string of the molecule is CC(C)(COCc1cccc(Oc2ccccc2)c1)c1ccccc1OC(Cl)=C(Cl)Cl. The zero-order chi connectivity index (χ0) is 22.3. The molecule has 3 aromatic rings. The first-order valence-electron chi connectivity index (χ1n) is 9.73. The Bertz CT molecular complexity index is 1030. The number of halogens is 3. The molecule has 0 heterocycles. The van der Waals surface area contributed by atoms with Gasteiger partial charge in [0.2, 0.25) is 5.22 Å². The standard InChI is InChI=1S/C25H23Cl3O3/c1-25(2,21-13-6-7-14-22(21)31-24(28)23(26)27)17-29-16-18-9-8-12-20(15-18)30-19-10-4-3-5-11-19/h3-15H,16-17H2,1-2H3. The van der Waals surface area contributed by atoms with E-state index in [-0.39, 0.29) is 15.1 Å². The van der Waals surface area contributed by atoms with E-state index < -0.39 is 0 Å². The molecule has 0 aliphatic carbocycles. The molecule has 0 spiro atoms. The van der Waals surface area contributed by atoms with Crippen LogP contribution in [0.3, 0.4) is 0 Å². The third-order valence-electron chi connectivity index (χ3n) is 4.57. The van der Waals surface area contributed by atoms with E-state index in [4.69, 9.17) is 49.0 Å². The van der Waals surface area contributed by atoms with Crippen LogP contribution >= 0.6 is 34.8 Å². The van der Waals surface area contributed by atoms with Gasteiger partial charge in [0.15, 0.2) is 4.49 Å². The lowest BCUT2D eigenvalue weighted by Crippen LogP contribution is -2.25. The van der Waals surface area contributed by atoms with Gasteiger partial charge < -0.3 is 14.2 Å². The summed E-state index contributed by atoms with van der Waals surface area (Å²) in [5, 5.41) is -0.0669. The van der Waals surface area contributed by atoms with Crippen molar-refractivity contribution in [2.24, 2.45) is 0 Å². The molecule has 0 atom stereocenters. The summed E-state index contributed by atoms with van der Waals surface area (Å²) in [6.07, 6.45) is 0. The molecule has 3 rings (SSSR count). The molecular formula is C25H23Cl3O3. The van der Waals surface area contributed by atoms with Gasteiger partial charge >= 0.3 is 0 Å². The highest BCUT2D eigenvalue weighted by Crippen LogP contribution is 2.34. The van der Waals surface area contributed by atoms with Crippen LogP contribution in [0, 0.1) is 0 Å². The third-order valence-corrected chi connectivity index (χ3v) is 5.38. The molecule has 0 amide bonds. The summed E-state index contributed by atoms with van der Waals surface area (Å²) in [6.45, 7) is 5.06. The van der Waals surface area contributed by atoms with Crippen LogP contribution < -0.4 is 9.47 Å². The van der Waals surface area contributed by atoms with Gasteiger partial charge in [0.25, 0.3) is 0 Å². The normalized spacial score (nSPS) is 11.1. The van der Waals surface area contributed by atoms with Gasteiger partial charge in [0.1, 0.15) is 17.2 Å². The maximum Gasteiger partial charge on any atom is 0.224 e. The fourth-order valence-corrected chi connectivity index (χ4v) is 3.24. The smallest absolute Gasteiger partial charge is 0.224 e. The molecule has 0 radical (unpaired) electrons. The Morgan fingerprint density at radius 1 is 0.806 bits per heavy atom. The second kappa shape index (κ2) is 10.9. The van der Waals surface area contributed by atoms with Crippen LogP contribution in [0.4, 0.5) is 0 Å². The average Bonchev–Trinajstić information content (AvgIpc) is 2.75. The highest BCUT2D eigenvalue weighted by atomic mass is 35.5. The Labute approximate surface area is 198 Å². The molecular weight excluding hydrogens is 455 g/mol. The predicted octanol–water partition coefficient (Wildman–Crippen LogP) is 8.20. The number of rotatable bonds is 9. The van der Waals surface area contributed by atoms with Crippen molar-refractivity contribution < 1.29 is 14.2 Å². The van der Waals surface area contributed by atoms with Crippen molar-refractivity contribution in [1.82, 2.24) is 0 Å². The summed E-state index contributed by atoms with van der Waals surface area (Å²) in [4.78, 5) is 0. The highest BCUT2D eigenvalue weighted by Gasteiger charge is 2.25. The fraction of sp³-hybridized carbons (Fsp3) is 0.200. The minimum atomic E-state index is -0.343. The van der Waals surface area contributed by atoms with E-state index in [0.29, 0.717) is 19.0 Å². The van der Waals surface area contributed by atoms with Crippen molar-refractivity contribution in [2.45, 2.75) is 25.9 Å². The second-order valence-corrected chi connectivity index (χ2v) is 8.86. The summed E-state index contributed by atoms with van der Waals surface area (Å²) in [5.41, 5.74) is 1.61. The van der Waals surface area contributed by atoms with Gasteiger partial charge in [-0.05, 0) is 47.5 Å². The van der Waals surface area contributed by atoms with E-state index in [9.17, 15) is 0 Å². The zero-order valence-corrected chi connectivity index (χ0v) is 19.5. The molecule has 0 aromatic heterocycles. The number of hydrogen-bond acceptors (Lipinski definition) is 3. The second-order valence-electron chi connectivity index (χ2n) is 7.57. The Kier molecular flexibility index (Phi) is 8.28. The summed E-state index contributed by atoms with van der Waals surface area (Å²) < 4.78 is 17.5. The lowest BCUT2D eigenvalue weighted by molar-refractivity contribution is 0.0816. The predicted molar refractivity (Wildman–Crippen MR) is 127 cm³/mol. The summed E-state index contributed by atoms with van der Waals surface area (Å²) in [6, 6.07) is 25.1. The minimum Gasteiger partial charge on any atom is -0.457 e. The van der Waals surface area contributed by atoms with Crippen LogP contribution in [0.1, 0.15) is 25.0 Å². The zero-order valence-electron chi connectivity index (χ0n) is 17.3. The average molecular weight is 478 g/mol. The monoisotopic (exact) mass is 476 g/mol. The molecule has 162 valence electrons. The van der Waals surface area contributed by atoms with Crippen molar-refractivity contribution in [3.8, 4) is 17.2 Å². The lowest BCUT2D eigenvalue weighted by Gasteiger charge is -2.27. The van der Waals surface area contributed by atoms with Gasteiger partial charge in [0, 0.05) is 11.0 Å². The van der Waals surface area contributed by atoms with Crippen LogP contribution in [0.5, 0.6) is 17.2 Å². The lowest BCUT2D eigenvalue weighted by atomic mass is 9.85. The minimum absolute atomic E-state index is 0.0669. The Morgan fingerprint density at radius 3 is 2.23 bits per heavy atom. The van der Waals surface area contributed by atoms with Crippen LogP contribution in [-0.2, 0) is 16.8 Å². The van der Waals surface area contributed by atoms with Gasteiger partial charge in [-0.25, -0.2) is 0 Å². The van der Waals surface area contributed by atoms with Crippen LogP contribution in [0.25, 0.3) is 0 Å². The van der Waals surface area contributed by atoms with Crippen molar-refractivity contribution >= 4 is 34.8 Å². The molecule has 0 saturated heterocycles. The largest absolute Gasteiger partial charge is 0.457 e. The van der Waals surface area contributed by atoms with Crippen molar-refractivity contribution in [1.29, 1.82) is 0 Å². The summed E-state index contributed by atoms with van der Waals surface area (Å²) in [5.74, 6) is 2.14. The molecule has 0 saturated carbocycles. The first kappa shape index (κ1) is 23.5. The van der Waals surface area contributed by atoms with E-state index in [2.05, 4.69) is 13.8 Å². The summed E-state index contributed by atoms with van der Waals surface area (Å²) in [7, 11) is 0. The Morgan fingerprint density at radius 2 is 1.48 bits per heavy atom. The molecule has 0 fully saturated rings. The van der Waals surface area contributed by atoms with E-state index >= 15 is 0 Å². The van der Waals surface area contributed by atoms with Gasteiger partial charge in [-0.15, -0.1) is 0 Å². The van der Waals surface area contributed by atoms with Gasteiger partial charge in [-0.3, -0.25) is 0 Å². The molecule has 6 heteroatoms. The molecule has 3 aromatic carbocycles. The van der Waals surface area contributed by atoms with Crippen molar-refractivity contribution in [2.75, 3.05) is 6.61 Å². The molecule has 0 N–H and O–H groups in total. The maximum atomic E-state index is 6.04. The summed E-state index contributed by atoms with van der Waals surface area (Å²) >= 11 is 17.4. The van der Waals surface area contributed by atoms with Crippen molar-refractivity contribution in [3.05, 3.63) is 99.7 Å².